The van der Waals surface area contributed by atoms with E-state index >= 15 is 0 Å². The molecule has 0 aliphatic heterocycles. The molecule has 0 aliphatic rings. The van der Waals surface area contributed by atoms with E-state index < -0.39 is 10.0 Å². The van der Waals surface area contributed by atoms with E-state index in [1.807, 2.05) is 0 Å². The molecule has 0 atom stereocenters. The van der Waals surface area contributed by atoms with Crippen LogP contribution in [0.15, 0.2) is 58.0 Å². The third-order valence-electron chi connectivity index (χ3n) is 3.25. The number of carbonyl (C=O) groups excluding carboxylic acids is 1. The van der Waals surface area contributed by atoms with Crippen LogP contribution in [0.1, 0.15) is 17.4 Å². The number of nitrogens with zero attached hydrogens (tertiary/aromatic N) is 2. The predicted octanol–water partition coefficient (Wildman–Crippen LogP) is 1.98. The van der Waals surface area contributed by atoms with Crippen molar-refractivity contribution in [1.29, 1.82) is 0 Å². The van der Waals surface area contributed by atoms with Gasteiger partial charge < -0.3 is 4.42 Å². The van der Waals surface area contributed by atoms with Crippen molar-refractivity contribution in [2.45, 2.75) is 11.8 Å². The van der Waals surface area contributed by atoms with Crippen LogP contribution in [0.5, 0.6) is 0 Å². The smallest absolute Gasteiger partial charge is 0.238 e. The number of hydrogen-bond donors (Lipinski definition) is 1. The maximum atomic E-state index is 11.6. The fourth-order valence-electron chi connectivity index (χ4n) is 2.13. The summed E-state index contributed by atoms with van der Waals surface area (Å²) in [4.78, 5) is 11.6. The number of aromatic nitrogens is 2. The zero-order valence-corrected chi connectivity index (χ0v) is 12.9. The zero-order chi connectivity index (χ0) is 16.6. The first-order valence-electron chi connectivity index (χ1n) is 6.64. The van der Waals surface area contributed by atoms with E-state index in [0.717, 1.165) is 0 Å². The molecule has 23 heavy (non-hydrogen) atoms. The molecule has 0 bridgehead atoms. The van der Waals surface area contributed by atoms with Crippen LogP contribution in [0.4, 0.5) is 0 Å². The molecule has 0 saturated heterocycles. The molecule has 0 unspecified atom stereocenters. The predicted molar refractivity (Wildman–Crippen MR) is 82.6 cm³/mol. The highest BCUT2D eigenvalue weighted by Crippen LogP contribution is 2.25. The van der Waals surface area contributed by atoms with E-state index in [9.17, 15) is 13.2 Å². The van der Waals surface area contributed by atoms with Crippen LogP contribution >= 0.6 is 0 Å². The Balaban J connectivity index is 2.14. The first kappa shape index (κ1) is 15.2. The molecule has 3 aromatic rings. The maximum absolute atomic E-state index is 11.6. The molecule has 1 aromatic carbocycles. The molecule has 0 amide bonds. The summed E-state index contributed by atoms with van der Waals surface area (Å²) in [7, 11) is -3.77. The van der Waals surface area contributed by atoms with E-state index in [1.165, 1.54) is 30.0 Å². The largest absolute Gasteiger partial charge is 0.463 e. The molecule has 0 radical (unpaired) electrons. The fourth-order valence-corrected chi connectivity index (χ4v) is 2.64. The highest BCUT2D eigenvalue weighted by atomic mass is 32.2. The molecule has 0 aliphatic carbocycles. The highest BCUT2D eigenvalue weighted by molar-refractivity contribution is 7.89. The number of ketones is 1. The molecule has 7 nitrogen and oxygen atoms in total. The number of hydrogen-bond acceptors (Lipinski definition) is 5. The van der Waals surface area contributed by atoms with Crippen molar-refractivity contribution < 1.29 is 17.6 Å². The van der Waals surface area contributed by atoms with E-state index in [4.69, 9.17) is 9.56 Å². The van der Waals surface area contributed by atoms with Crippen molar-refractivity contribution in [3.8, 4) is 17.1 Å². The topological polar surface area (TPSA) is 108 Å². The molecule has 3 rings (SSSR count). The van der Waals surface area contributed by atoms with Gasteiger partial charge in [-0.15, -0.1) is 0 Å². The van der Waals surface area contributed by atoms with Crippen LogP contribution in [0.25, 0.3) is 17.1 Å². The van der Waals surface area contributed by atoms with Gasteiger partial charge in [-0.2, -0.15) is 5.10 Å². The van der Waals surface area contributed by atoms with Crippen LogP contribution in [-0.2, 0) is 10.0 Å². The van der Waals surface area contributed by atoms with E-state index in [0.29, 0.717) is 17.1 Å². The van der Waals surface area contributed by atoms with Gasteiger partial charge in [-0.25, -0.2) is 18.2 Å². The number of Topliss-reactive ketones (excluding diaryl/α,β-unsaturated/α-hetero) is 1. The van der Waals surface area contributed by atoms with Gasteiger partial charge in [0.25, 0.3) is 0 Å². The summed E-state index contributed by atoms with van der Waals surface area (Å²) >= 11 is 0. The minimum atomic E-state index is -3.77. The van der Waals surface area contributed by atoms with Gasteiger partial charge in [0.15, 0.2) is 11.5 Å². The van der Waals surface area contributed by atoms with Gasteiger partial charge in [-0.3, -0.25) is 4.79 Å². The Morgan fingerprint density at radius 2 is 1.91 bits per heavy atom. The molecular formula is C15H13N3O4S. The van der Waals surface area contributed by atoms with Crippen molar-refractivity contribution >= 4 is 15.8 Å². The first-order valence-corrected chi connectivity index (χ1v) is 8.19. The van der Waals surface area contributed by atoms with Crippen molar-refractivity contribution in [3.05, 3.63) is 54.4 Å². The quantitative estimate of drug-likeness (QED) is 0.735. The molecule has 2 aromatic heterocycles. The van der Waals surface area contributed by atoms with Gasteiger partial charge in [0.2, 0.25) is 10.0 Å². The van der Waals surface area contributed by atoms with Gasteiger partial charge in [0.1, 0.15) is 11.4 Å². The summed E-state index contributed by atoms with van der Waals surface area (Å²) in [5, 5.41) is 9.34. The third-order valence-corrected chi connectivity index (χ3v) is 4.18. The lowest BCUT2D eigenvalue weighted by atomic mass is 10.2. The van der Waals surface area contributed by atoms with Gasteiger partial charge in [-0.1, -0.05) is 0 Å². The van der Waals surface area contributed by atoms with E-state index in [-0.39, 0.29) is 16.4 Å². The average molecular weight is 331 g/mol. The molecule has 8 heteroatoms. The lowest BCUT2D eigenvalue weighted by Crippen LogP contribution is -2.12. The van der Waals surface area contributed by atoms with E-state index in [1.54, 1.807) is 30.3 Å². The fraction of sp³-hybridized carbons (Fsp3) is 0.0667. The molecule has 2 N–H and O–H groups in total. The van der Waals surface area contributed by atoms with Crippen molar-refractivity contribution in [3.63, 3.8) is 0 Å². The van der Waals surface area contributed by atoms with Crippen LogP contribution < -0.4 is 5.14 Å². The van der Waals surface area contributed by atoms with Gasteiger partial charge in [0.05, 0.1) is 16.8 Å². The third kappa shape index (κ3) is 2.94. The Morgan fingerprint density at radius 1 is 1.22 bits per heavy atom. The summed E-state index contributed by atoms with van der Waals surface area (Å²) in [5.74, 6) is 0.359. The number of nitrogens with two attached hydrogens (primary N) is 1. The summed E-state index contributed by atoms with van der Waals surface area (Å²) in [6, 6.07) is 11.0. The highest BCUT2D eigenvalue weighted by Gasteiger charge is 2.16. The number of primary sulfonamides is 1. The average Bonchev–Trinajstić information content (AvgIpc) is 3.15. The zero-order valence-electron chi connectivity index (χ0n) is 12.1. The van der Waals surface area contributed by atoms with Gasteiger partial charge in [0, 0.05) is 6.92 Å². The van der Waals surface area contributed by atoms with Gasteiger partial charge >= 0.3 is 0 Å². The lowest BCUT2D eigenvalue weighted by Gasteiger charge is -2.06. The van der Waals surface area contributed by atoms with Crippen LogP contribution in [0.2, 0.25) is 0 Å². The molecular weight excluding hydrogens is 318 g/mol. The lowest BCUT2D eigenvalue weighted by molar-refractivity contribution is 0.101. The standard InChI is InChI=1S/C15H13N3O4S/c1-10(19)13-9-14(15-3-2-8-22-15)18(17-13)11-4-6-12(7-5-11)23(16,20)21/h2-9H,1H3,(H2,16,20,21). The Morgan fingerprint density at radius 3 is 2.43 bits per heavy atom. The normalized spacial score (nSPS) is 11.6. The molecule has 2 heterocycles. The van der Waals surface area contributed by atoms with Crippen LogP contribution in [-0.4, -0.2) is 24.0 Å². The number of furan rings is 1. The van der Waals surface area contributed by atoms with Crippen molar-refractivity contribution in [1.82, 2.24) is 9.78 Å². The Labute approximate surface area is 132 Å². The molecule has 0 saturated carbocycles. The molecule has 0 spiro atoms. The van der Waals surface area contributed by atoms with E-state index in [2.05, 4.69) is 5.10 Å². The SMILES string of the molecule is CC(=O)c1cc(-c2ccco2)n(-c2ccc(S(N)(=O)=O)cc2)n1. The number of rotatable bonds is 4. The Bertz CT molecular complexity index is 955. The Kier molecular flexibility index (Phi) is 3.63. The monoisotopic (exact) mass is 331 g/mol. The van der Waals surface area contributed by atoms with Crippen LogP contribution in [0, 0.1) is 0 Å². The summed E-state index contributed by atoms with van der Waals surface area (Å²) in [6.07, 6.45) is 1.52. The van der Waals surface area contributed by atoms with Crippen LogP contribution in [0.3, 0.4) is 0 Å². The second-order valence-corrected chi connectivity index (χ2v) is 6.46. The maximum Gasteiger partial charge on any atom is 0.238 e. The van der Waals surface area contributed by atoms with Gasteiger partial charge in [-0.05, 0) is 42.5 Å². The Hall–Kier alpha value is -2.71. The molecule has 0 fully saturated rings. The number of sulfonamides is 1. The summed E-state index contributed by atoms with van der Waals surface area (Å²) < 4.78 is 29.5. The number of carbonyl (C=O) groups is 1. The number of benzene rings is 1. The molecule has 118 valence electrons. The minimum Gasteiger partial charge on any atom is -0.463 e. The second-order valence-electron chi connectivity index (χ2n) is 4.90. The van der Waals surface area contributed by atoms with Crippen molar-refractivity contribution in [2.24, 2.45) is 5.14 Å². The second kappa shape index (κ2) is 5.49. The van der Waals surface area contributed by atoms with Crippen molar-refractivity contribution in [2.75, 3.05) is 0 Å². The summed E-state index contributed by atoms with van der Waals surface area (Å²) in [6.45, 7) is 1.42. The minimum absolute atomic E-state index is 0.000235. The summed E-state index contributed by atoms with van der Waals surface area (Å²) in [5.41, 5.74) is 1.45. The first-order chi connectivity index (χ1) is 10.9.